The molecule has 1 N–H and O–H groups in total. The van der Waals surface area contributed by atoms with Gasteiger partial charge in [0.2, 0.25) is 10.0 Å². The first-order valence-corrected chi connectivity index (χ1v) is 10.3. The summed E-state index contributed by atoms with van der Waals surface area (Å²) in [6.07, 6.45) is 0.550. The molecule has 22 heavy (non-hydrogen) atoms. The van der Waals surface area contributed by atoms with E-state index in [9.17, 15) is 13.2 Å². The Hall–Kier alpha value is -0.440. The van der Waals surface area contributed by atoms with Crippen molar-refractivity contribution in [2.45, 2.75) is 24.2 Å². The van der Waals surface area contributed by atoms with Crippen LogP contribution in [-0.2, 0) is 19.6 Å². The molecule has 1 aromatic carbocycles. The number of benzene rings is 1. The summed E-state index contributed by atoms with van der Waals surface area (Å²) >= 11 is 6.85. The van der Waals surface area contributed by atoms with Crippen molar-refractivity contribution in [1.29, 1.82) is 0 Å². The van der Waals surface area contributed by atoms with Gasteiger partial charge in [0, 0.05) is 16.2 Å². The van der Waals surface area contributed by atoms with Crippen LogP contribution in [0.4, 0.5) is 0 Å². The zero-order valence-corrected chi connectivity index (χ0v) is 16.4. The van der Waals surface area contributed by atoms with Gasteiger partial charge >= 0.3 is 5.97 Å². The molecule has 0 fully saturated rings. The van der Waals surface area contributed by atoms with Gasteiger partial charge in [0.1, 0.15) is 0 Å². The van der Waals surface area contributed by atoms with Gasteiger partial charge in [-0.3, -0.25) is 4.79 Å². The van der Waals surface area contributed by atoms with Crippen LogP contribution in [-0.4, -0.2) is 37.4 Å². The van der Waals surface area contributed by atoms with Crippen molar-refractivity contribution in [3.63, 3.8) is 0 Å². The minimum atomic E-state index is -3.76. The molecule has 124 valence electrons. The smallest absolute Gasteiger partial charge is 0.322 e. The molecule has 5 nitrogen and oxygen atoms in total. The third-order valence-electron chi connectivity index (χ3n) is 3.00. The summed E-state index contributed by atoms with van der Waals surface area (Å²) in [6.45, 7) is 1.96. The van der Waals surface area contributed by atoms with Crippen LogP contribution in [0, 0.1) is 6.92 Å². The van der Waals surface area contributed by atoms with Crippen LogP contribution in [0.2, 0.25) is 0 Å². The molecule has 0 aromatic heterocycles. The third kappa shape index (κ3) is 6.76. The number of halogens is 2. The van der Waals surface area contributed by atoms with E-state index in [0.717, 1.165) is 18.2 Å². The van der Waals surface area contributed by atoms with Gasteiger partial charge in [0.15, 0.2) is 5.75 Å². The molecule has 0 amide bonds. The van der Waals surface area contributed by atoms with E-state index < -0.39 is 27.8 Å². The lowest BCUT2D eigenvalue weighted by Gasteiger charge is -2.21. The fourth-order valence-corrected chi connectivity index (χ4v) is 3.66. The van der Waals surface area contributed by atoms with Gasteiger partial charge in [0.05, 0.1) is 7.11 Å². The third-order valence-corrected chi connectivity index (χ3v) is 6.60. The Balaban J connectivity index is 2.95. The summed E-state index contributed by atoms with van der Waals surface area (Å²) < 4.78 is 31.2. The van der Waals surface area contributed by atoms with Crippen molar-refractivity contribution in [3.05, 3.63) is 35.4 Å². The van der Waals surface area contributed by atoms with E-state index in [1.165, 1.54) is 0 Å². The second-order valence-electron chi connectivity index (χ2n) is 4.90. The maximum absolute atomic E-state index is 12.1. The van der Waals surface area contributed by atoms with Gasteiger partial charge < -0.3 is 4.74 Å². The zero-order chi connectivity index (χ0) is 16.8. The van der Waals surface area contributed by atoms with Gasteiger partial charge in [-0.2, -0.15) is 0 Å². The number of nitrogens with one attached hydrogen (secondary N) is 1. The molecule has 2 atom stereocenters. The number of esters is 1. The first kappa shape index (κ1) is 19.6. The molecule has 2 unspecified atom stereocenters. The standard InChI is InChI=1S/C14H19Br2NO4S/c1-10-3-5-11(6-4-10)13(7-12(16)8-15)17-22(19,20)9-14(18)21-2/h3-6,12-13,17H,7-9H2,1-2H3. The zero-order valence-electron chi connectivity index (χ0n) is 12.4. The quantitative estimate of drug-likeness (QED) is 0.482. The average Bonchev–Trinajstić information content (AvgIpc) is 2.46. The van der Waals surface area contributed by atoms with Crippen molar-refractivity contribution in [1.82, 2.24) is 4.72 Å². The van der Waals surface area contributed by atoms with E-state index in [1.807, 2.05) is 31.2 Å². The van der Waals surface area contributed by atoms with E-state index in [0.29, 0.717) is 11.8 Å². The number of hydrogen-bond acceptors (Lipinski definition) is 4. The molecule has 0 spiro atoms. The molecule has 1 aromatic rings. The van der Waals surface area contributed by atoms with Gasteiger partial charge in [-0.1, -0.05) is 61.7 Å². The molecule has 0 saturated heterocycles. The normalized spacial score (nSPS) is 14.4. The number of carbonyl (C=O) groups excluding carboxylic acids is 1. The second kappa shape index (κ2) is 9.00. The van der Waals surface area contributed by atoms with Gasteiger partial charge in [-0.25, -0.2) is 13.1 Å². The van der Waals surface area contributed by atoms with Crippen molar-refractivity contribution in [2.75, 3.05) is 18.2 Å². The summed E-state index contributed by atoms with van der Waals surface area (Å²) in [5.41, 5.74) is 1.94. The first-order valence-electron chi connectivity index (χ1n) is 6.61. The highest BCUT2D eigenvalue weighted by atomic mass is 79.9. The summed E-state index contributed by atoms with van der Waals surface area (Å²) in [5.74, 6) is -1.47. The minimum Gasteiger partial charge on any atom is -0.468 e. The number of carbonyl (C=O) groups is 1. The van der Waals surface area contributed by atoms with Crippen molar-refractivity contribution < 1.29 is 17.9 Å². The lowest BCUT2D eigenvalue weighted by molar-refractivity contribution is -0.137. The molecule has 0 aliphatic heterocycles. The fourth-order valence-electron chi connectivity index (χ4n) is 1.84. The number of hydrogen-bond donors (Lipinski definition) is 1. The van der Waals surface area contributed by atoms with Crippen LogP contribution >= 0.6 is 31.9 Å². The lowest BCUT2D eigenvalue weighted by atomic mass is 10.0. The van der Waals surface area contributed by atoms with Crippen LogP contribution in [0.25, 0.3) is 0 Å². The Morgan fingerprint density at radius 1 is 1.32 bits per heavy atom. The van der Waals surface area contributed by atoms with E-state index in [2.05, 4.69) is 41.3 Å². The molecular formula is C14H19Br2NO4S. The number of rotatable bonds is 8. The Bertz CT molecular complexity index is 589. The number of sulfonamides is 1. The summed E-state index contributed by atoms with van der Waals surface area (Å²) in [7, 11) is -2.60. The Kier molecular flexibility index (Phi) is 8.02. The number of aryl methyl sites for hydroxylation is 1. The van der Waals surface area contributed by atoms with E-state index >= 15 is 0 Å². The van der Waals surface area contributed by atoms with Gasteiger partial charge in [0.25, 0.3) is 0 Å². The molecule has 0 radical (unpaired) electrons. The molecule has 0 heterocycles. The lowest BCUT2D eigenvalue weighted by Crippen LogP contribution is -2.35. The molecule has 0 saturated carbocycles. The maximum atomic E-state index is 12.1. The van der Waals surface area contributed by atoms with Crippen molar-refractivity contribution in [3.8, 4) is 0 Å². The van der Waals surface area contributed by atoms with Crippen LogP contribution in [0.5, 0.6) is 0 Å². The molecular weight excluding hydrogens is 438 g/mol. The average molecular weight is 457 g/mol. The number of ether oxygens (including phenoxy) is 1. The summed E-state index contributed by atoms with van der Waals surface area (Å²) in [4.78, 5) is 11.3. The molecule has 0 bridgehead atoms. The second-order valence-corrected chi connectivity index (χ2v) is 8.60. The minimum absolute atomic E-state index is 0.0969. The highest BCUT2D eigenvalue weighted by Crippen LogP contribution is 2.24. The van der Waals surface area contributed by atoms with Crippen LogP contribution < -0.4 is 4.72 Å². The largest absolute Gasteiger partial charge is 0.468 e. The van der Waals surface area contributed by atoms with Gasteiger partial charge in [-0.05, 0) is 18.9 Å². The fraction of sp³-hybridized carbons (Fsp3) is 0.500. The maximum Gasteiger partial charge on any atom is 0.322 e. The van der Waals surface area contributed by atoms with Crippen molar-refractivity contribution >= 4 is 47.9 Å². The monoisotopic (exact) mass is 455 g/mol. The highest BCUT2D eigenvalue weighted by molar-refractivity contribution is 9.12. The Labute approximate surface area is 148 Å². The van der Waals surface area contributed by atoms with Crippen LogP contribution in [0.1, 0.15) is 23.6 Å². The van der Waals surface area contributed by atoms with E-state index in [-0.39, 0.29) is 4.83 Å². The number of methoxy groups -OCH3 is 1. The molecule has 8 heteroatoms. The molecule has 1 rings (SSSR count). The highest BCUT2D eigenvalue weighted by Gasteiger charge is 2.24. The Morgan fingerprint density at radius 3 is 2.41 bits per heavy atom. The molecule has 0 aliphatic rings. The Morgan fingerprint density at radius 2 is 1.91 bits per heavy atom. The van der Waals surface area contributed by atoms with E-state index in [4.69, 9.17) is 0 Å². The van der Waals surface area contributed by atoms with Crippen LogP contribution in [0.15, 0.2) is 24.3 Å². The summed E-state index contributed by atoms with van der Waals surface area (Å²) in [6, 6.07) is 7.20. The summed E-state index contributed by atoms with van der Waals surface area (Å²) in [5, 5.41) is 0.689. The topological polar surface area (TPSA) is 72.5 Å². The SMILES string of the molecule is COC(=O)CS(=O)(=O)NC(CC(Br)CBr)c1ccc(C)cc1. The first-order chi connectivity index (χ1) is 10.3. The van der Waals surface area contributed by atoms with E-state index in [1.54, 1.807) is 0 Å². The van der Waals surface area contributed by atoms with Crippen molar-refractivity contribution in [2.24, 2.45) is 0 Å². The number of alkyl halides is 2. The van der Waals surface area contributed by atoms with Crippen LogP contribution in [0.3, 0.4) is 0 Å². The van der Waals surface area contributed by atoms with Gasteiger partial charge in [-0.15, -0.1) is 0 Å². The predicted octanol–water partition coefficient (Wildman–Crippen LogP) is 2.68. The predicted molar refractivity (Wildman–Crippen MR) is 94.0 cm³/mol. The molecule has 0 aliphatic carbocycles.